The van der Waals surface area contributed by atoms with Crippen LogP contribution >= 0.6 is 0 Å². The largest absolute Gasteiger partial charge is 0.478 e. The number of hydrogen-bond donors (Lipinski definition) is 1. The van der Waals surface area contributed by atoms with Crippen LogP contribution < -0.4 is 0 Å². The van der Waals surface area contributed by atoms with E-state index in [1.807, 2.05) is 0 Å². The highest BCUT2D eigenvalue weighted by Crippen LogP contribution is 2.28. The number of ether oxygens (including phenoxy) is 1. The zero-order valence-electron chi connectivity index (χ0n) is 14.6. The summed E-state index contributed by atoms with van der Waals surface area (Å²) in [6, 6.07) is 10.4. The Morgan fingerprint density at radius 1 is 1.00 bits per heavy atom. The standard InChI is InChI=1S/C19H17FO6S/c1-12(21)26-11-17(13-5-9-16(10-6-13)27(2,24)25)18(19(22)23)14-3-7-15(20)8-4-14/h3-10H,11H2,1-2H3,(H,22,23)/b18-17+. The lowest BCUT2D eigenvalue weighted by atomic mass is 9.95. The first kappa shape index (κ1) is 20.3. The molecule has 0 atom stereocenters. The summed E-state index contributed by atoms with van der Waals surface area (Å²) in [5.41, 5.74) is 0.566. The van der Waals surface area contributed by atoms with Crippen molar-refractivity contribution in [2.24, 2.45) is 0 Å². The van der Waals surface area contributed by atoms with Crippen LogP contribution in [0.25, 0.3) is 11.1 Å². The summed E-state index contributed by atoms with van der Waals surface area (Å²) in [6.45, 7) is 0.843. The minimum Gasteiger partial charge on any atom is -0.478 e. The molecule has 0 saturated carbocycles. The van der Waals surface area contributed by atoms with Gasteiger partial charge in [0.05, 0.1) is 10.5 Å². The predicted octanol–water partition coefficient (Wildman–Crippen LogP) is 2.79. The van der Waals surface area contributed by atoms with Gasteiger partial charge in [-0.25, -0.2) is 17.6 Å². The minimum atomic E-state index is -3.42. The summed E-state index contributed by atoms with van der Waals surface area (Å²) in [7, 11) is -3.42. The third-order valence-corrected chi connectivity index (χ3v) is 4.83. The van der Waals surface area contributed by atoms with Gasteiger partial charge in [0.15, 0.2) is 9.84 Å². The summed E-state index contributed by atoms with van der Waals surface area (Å²) in [4.78, 5) is 23.2. The second-order valence-corrected chi connectivity index (χ2v) is 7.76. The highest BCUT2D eigenvalue weighted by molar-refractivity contribution is 7.90. The van der Waals surface area contributed by atoms with Crippen molar-refractivity contribution in [2.45, 2.75) is 11.8 Å². The fraction of sp³-hybridized carbons (Fsp3) is 0.158. The number of sulfone groups is 1. The first-order valence-corrected chi connectivity index (χ1v) is 9.65. The number of carboxylic acid groups (broad SMARTS) is 1. The Kier molecular flexibility index (Phi) is 6.12. The van der Waals surface area contributed by atoms with Gasteiger partial charge in [-0.3, -0.25) is 4.79 Å². The molecule has 142 valence electrons. The Hall–Kier alpha value is -3.00. The molecule has 2 aromatic carbocycles. The summed E-state index contributed by atoms with van der Waals surface area (Å²) in [5.74, 6) is -2.43. The molecule has 0 heterocycles. The number of rotatable bonds is 6. The SMILES string of the molecule is CC(=O)OC/C(=C(\C(=O)O)c1ccc(F)cc1)c1ccc(S(C)(=O)=O)cc1. The molecule has 27 heavy (non-hydrogen) atoms. The third-order valence-electron chi connectivity index (χ3n) is 3.70. The van der Waals surface area contributed by atoms with Gasteiger partial charge in [-0.05, 0) is 35.4 Å². The number of carbonyl (C=O) groups excluding carboxylic acids is 1. The molecule has 2 aromatic rings. The Morgan fingerprint density at radius 3 is 1.96 bits per heavy atom. The molecule has 0 amide bonds. The smallest absolute Gasteiger partial charge is 0.336 e. The number of hydrogen-bond acceptors (Lipinski definition) is 5. The van der Waals surface area contributed by atoms with Crippen molar-refractivity contribution in [2.75, 3.05) is 12.9 Å². The lowest BCUT2D eigenvalue weighted by molar-refractivity contribution is -0.139. The number of esters is 1. The Labute approximate surface area is 155 Å². The van der Waals surface area contributed by atoms with Crippen LogP contribution in [0.2, 0.25) is 0 Å². The molecular weight excluding hydrogens is 375 g/mol. The normalized spacial score (nSPS) is 12.3. The molecule has 0 aliphatic carbocycles. The zero-order valence-corrected chi connectivity index (χ0v) is 15.4. The van der Waals surface area contributed by atoms with Crippen molar-refractivity contribution >= 4 is 32.9 Å². The van der Waals surface area contributed by atoms with E-state index in [-0.39, 0.29) is 28.2 Å². The summed E-state index contributed by atoms with van der Waals surface area (Å²) in [5, 5.41) is 9.69. The van der Waals surface area contributed by atoms with Gasteiger partial charge >= 0.3 is 11.9 Å². The minimum absolute atomic E-state index is 0.0664. The monoisotopic (exact) mass is 392 g/mol. The van der Waals surface area contributed by atoms with Crippen molar-refractivity contribution in [1.29, 1.82) is 0 Å². The van der Waals surface area contributed by atoms with Gasteiger partial charge in [0, 0.05) is 18.8 Å². The summed E-state index contributed by atoms with van der Waals surface area (Å²) in [6.07, 6.45) is 1.05. The van der Waals surface area contributed by atoms with Crippen LogP contribution in [0, 0.1) is 5.82 Å². The fourth-order valence-corrected chi connectivity index (χ4v) is 3.05. The molecular formula is C19H17FO6S. The van der Waals surface area contributed by atoms with Crippen molar-refractivity contribution in [3.63, 3.8) is 0 Å². The van der Waals surface area contributed by atoms with Crippen molar-refractivity contribution in [1.82, 2.24) is 0 Å². The van der Waals surface area contributed by atoms with Crippen molar-refractivity contribution in [3.05, 3.63) is 65.5 Å². The highest BCUT2D eigenvalue weighted by Gasteiger charge is 2.20. The van der Waals surface area contributed by atoms with Gasteiger partial charge in [0.1, 0.15) is 12.4 Å². The average molecular weight is 392 g/mol. The quantitative estimate of drug-likeness (QED) is 0.461. The second-order valence-electron chi connectivity index (χ2n) is 5.74. The summed E-state index contributed by atoms with van der Waals surface area (Å²) < 4.78 is 41.4. The Morgan fingerprint density at radius 2 is 1.52 bits per heavy atom. The topological polar surface area (TPSA) is 97.7 Å². The first-order chi connectivity index (χ1) is 12.6. The number of benzene rings is 2. The fourth-order valence-electron chi connectivity index (χ4n) is 2.42. The second kappa shape index (κ2) is 8.13. The molecule has 6 nitrogen and oxygen atoms in total. The molecule has 8 heteroatoms. The van der Waals surface area contributed by atoms with Gasteiger partial charge in [0.25, 0.3) is 0 Å². The molecule has 0 radical (unpaired) electrons. The van der Waals surface area contributed by atoms with Crippen LogP contribution in [0.1, 0.15) is 18.1 Å². The maximum Gasteiger partial charge on any atom is 0.336 e. The van der Waals surface area contributed by atoms with Gasteiger partial charge < -0.3 is 9.84 Å². The van der Waals surface area contributed by atoms with E-state index in [0.717, 1.165) is 18.4 Å². The predicted molar refractivity (Wildman–Crippen MR) is 97.0 cm³/mol. The zero-order chi connectivity index (χ0) is 20.2. The molecule has 1 N–H and O–H groups in total. The van der Waals surface area contributed by atoms with Crippen LogP contribution in [0.3, 0.4) is 0 Å². The number of carboxylic acids is 1. The lowest BCUT2D eigenvalue weighted by Crippen LogP contribution is -2.10. The number of aliphatic carboxylic acids is 1. The molecule has 0 bridgehead atoms. The van der Waals surface area contributed by atoms with Gasteiger partial charge in [-0.2, -0.15) is 0 Å². The van der Waals surface area contributed by atoms with Crippen LogP contribution in [-0.2, 0) is 24.2 Å². The van der Waals surface area contributed by atoms with E-state index in [1.54, 1.807) is 0 Å². The molecule has 0 spiro atoms. The van der Waals surface area contributed by atoms with Crippen LogP contribution in [0.15, 0.2) is 53.4 Å². The maximum absolute atomic E-state index is 13.2. The van der Waals surface area contributed by atoms with Crippen molar-refractivity contribution in [3.8, 4) is 0 Å². The van der Waals surface area contributed by atoms with E-state index in [1.165, 1.54) is 43.3 Å². The third kappa shape index (κ3) is 5.24. The molecule has 0 fully saturated rings. The van der Waals surface area contributed by atoms with E-state index in [4.69, 9.17) is 4.74 Å². The number of halogens is 1. The first-order valence-electron chi connectivity index (χ1n) is 7.76. The molecule has 0 aromatic heterocycles. The Balaban J connectivity index is 2.66. The van der Waals surface area contributed by atoms with E-state index < -0.39 is 27.6 Å². The van der Waals surface area contributed by atoms with Gasteiger partial charge in [-0.15, -0.1) is 0 Å². The highest BCUT2D eigenvalue weighted by atomic mass is 32.2. The van der Waals surface area contributed by atoms with Gasteiger partial charge in [-0.1, -0.05) is 24.3 Å². The van der Waals surface area contributed by atoms with E-state index in [2.05, 4.69) is 0 Å². The van der Waals surface area contributed by atoms with E-state index >= 15 is 0 Å². The molecule has 0 saturated heterocycles. The van der Waals surface area contributed by atoms with Gasteiger partial charge in [0.2, 0.25) is 0 Å². The Bertz CT molecular complexity index is 990. The summed E-state index contributed by atoms with van der Waals surface area (Å²) >= 11 is 0. The molecule has 0 aliphatic heterocycles. The van der Waals surface area contributed by atoms with E-state index in [9.17, 15) is 27.5 Å². The van der Waals surface area contributed by atoms with Crippen LogP contribution in [-0.4, -0.2) is 38.3 Å². The van der Waals surface area contributed by atoms with Crippen LogP contribution in [0.4, 0.5) is 4.39 Å². The van der Waals surface area contributed by atoms with E-state index in [0.29, 0.717) is 5.56 Å². The average Bonchev–Trinajstić information content (AvgIpc) is 2.58. The maximum atomic E-state index is 13.2. The number of carbonyl (C=O) groups is 2. The molecule has 2 rings (SSSR count). The molecule has 0 unspecified atom stereocenters. The van der Waals surface area contributed by atoms with Crippen LogP contribution in [0.5, 0.6) is 0 Å². The molecule has 0 aliphatic rings. The lowest BCUT2D eigenvalue weighted by Gasteiger charge is -2.14. The van der Waals surface area contributed by atoms with Crippen molar-refractivity contribution < 1.29 is 32.2 Å².